The number of rotatable bonds is 2. The number of fused-ring (bicyclic) bond motifs is 3. The third kappa shape index (κ3) is 3.26. The molecule has 0 bridgehead atoms. The van der Waals surface area contributed by atoms with Crippen LogP contribution < -0.4 is 0 Å². The predicted octanol–water partition coefficient (Wildman–Crippen LogP) is 4.87. The zero-order chi connectivity index (χ0) is 20.0. The summed E-state index contributed by atoms with van der Waals surface area (Å²) in [4.78, 5) is 23.0. The predicted molar refractivity (Wildman–Crippen MR) is 118 cm³/mol. The third-order valence-corrected chi connectivity index (χ3v) is 7.35. The van der Waals surface area contributed by atoms with E-state index in [1.165, 1.54) is 22.2 Å². The zero-order valence-electron chi connectivity index (χ0n) is 17.0. The van der Waals surface area contributed by atoms with Crippen LogP contribution in [0.25, 0.3) is 21.3 Å². The summed E-state index contributed by atoms with van der Waals surface area (Å²) >= 11 is 1.83. The Morgan fingerprint density at radius 2 is 1.97 bits per heavy atom. The Labute approximate surface area is 175 Å². The fraction of sp³-hybridized carbons (Fsp3) is 0.417. The lowest BCUT2D eigenvalue weighted by Crippen LogP contribution is -2.41. The van der Waals surface area contributed by atoms with Crippen LogP contribution >= 0.6 is 11.3 Å². The molecule has 0 spiro atoms. The van der Waals surface area contributed by atoms with Crippen molar-refractivity contribution in [3.05, 3.63) is 52.0 Å². The first kappa shape index (κ1) is 18.8. The molecule has 5 rings (SSSR count). The average molecular weight is 407 g/mol. The molecule has 1 aliphatic heterocycles. The van der Waals surface area contributed by atoms with E-state index >= 15 is 0 Å². The molecule has 0 saturated carbocycles. The molecule has 4 nitrogen and oxygen atoms in total. The molecule has 3 aromatic rings. The first-order chi connectivity index (χ1) is 14.1. The van der Waals surface area contributed by atoms with Gasteiger partial charge in [0.1, 0.15) is 4.83 Å². The molecule has 29 heavy (non-hydrogen) atoms. The van der Waals surface area contributed by atoms with Crippen LogP contribution in [0.5, 0.6) is 0 Å². The van der Waals surface area contributed by atoms with Crippen LogP contribution in [0.2, 0.25) is 0 Å². The summed E-state index contributed by atoms with van der Waals surface area (Å²) < 4.78 is 5.47. The Kier molecular flexibility index (Phi) is 4.88. The van der Waals surface area contributed by atoms with E-state index in [0.29, 0.717) is 32.2 Å². The fourth-order valence-electron chi connectivity index (χ4n) is 4.67. The van der Waals surface area contributed by atoms with Crippen molar-refractivity contribution in [1.82, 2.24) is 9.88 Å². The summed E-state index contributed by atoms with van der Waals surface area (Å²) in [6, 6.07) is 10.4. The Bertz CT molecular complexity index is 1070. The number of carbonyl (C=O) groups is 1. The lowest BCUT2D eigenvalue weighted by atomic mass is 9.86. The minimum Gasteiger partial charge on any atom is -0.378 e. The molecule has 3 heterocycles. The van der Waals surface area contributed by atoms with Crippen molar-refractivity contribution < 1.29 is 9.53 Å². The largest absolute Gasteiger partial charge is 0.378 e. The van der Waals surface area contributed by atoms with Gasteiger partial charge in [0.05, 0.1) is 24.5 Å². The summed E-state index contributed by atoms with van der Waals surface area (Å²) in [5.74, 6) is 0.800. The van der Waals surface area contributed by atoms with Crippen LogP contribution in [0, 0.1) is 12.8 Å². The summed E-state index contributed by atoms with van der Waals surface area (Å²) in [7, 11) is 0. The fourth-order valence-corrected chi connectivity index (χ4v) is 6.11. The number of amides is 1. The van der Waals surface area contributed by atoms with Crippen LogP contribution in [0.15, 0.2) is 30.3 Å². The number of ether oxygens (including phenoxy) is 1. The number of thiophene rings is 1. The first-order valence-electron chi connectivity index (χ1n) is 10.5. The second-order valence-electron chi connectivity index (χ2n) is 8.25. The molecule has 2 aliphatic rings. The summed E-state index contributed by atoms with van der Waals surface area (Å²) in [6.45, 7) is 6.81. The Hall–Kier alpha value is -2.24. The number of benzene rings is 1. The van der Waals surface area contributed by atoms with Crippen molar-refractivity contribution in [1.29, 1.82) is 0 Å². The van der Waals surface area contributed by atoms with Gasteiger partial charge < -0.3 is 9.64 Å². The van der Waals surface area contributed by atoms with E-state index in [-0.39, 0.29) is 5.91 Å². The Morgan fingerprint density at radius 1 is 1.21 bits per heavy atom. The molecule has 1 fully saturated rings. The lowest BCUT2D eigenvalue weighted by Gasteiger charge is -2.28. The number of hydrogen-bond donors (Lipinski definition) is 0. The normalized spacial score (nSPS) is 19.4. The molecule has 1 saturated heterocycles. The SMILES string of the molecule is Cc1nc2sc3c(c2c(-c2ccccc2)c1C(=O)N1CCOCC1)CCC(C)C3. The topological polar surface area (TPSA) is 42.4 Å². The highest BCUT2D eigenvalue weighted by molar-refractivity contribution is 7.19. The van der Waals surface area contributed by atoms with E-state index in [9.17, 15) is 4.79 Å². The minimum absolute atomic E-state index is 0.0863. The van der Waals surface area contributed by atoms with Gasteiger partial charge in [0, 0.05) is 28.9 Å². The number of aryl methyl sites for hydroxylation is 2. The average Bonchev–Trinajstić information content (AvgIpc) is 3.10. The number of nitrogens with zero attached hydrogens (tertiary/aromatic N) is 2. The highest BCUT2D eigenvalue weighted by atomic mass is 32.1. The standard InChI is InChI=1S/C24H26N2O2S/c1-15-8-9-18-19(14-15)29-23-22(18)21(17-6-4-3-5-7-17)20(16(2)25-23)24(27)26-10-12-28-13-11-26/h3-7,15H,8-14H2,1-2H3. The molecule has 2 aromatic heterocycles. The van der Waals surface area contributed by atoms with E-state index in [0.717, 1.165) is 40.1 Å². The highest BCUT2D eigenvalue weighted by Crippen LogP contribution is 2.44. The first-order valence-corrected chi connectivity index (χ1v) is 11.3. The number of aromatic nitrogens is 1. The van der Waals surface area contributed by atoms with Crippen LogP contribution in [-0.2, 0) is 17.6 Å². The van der Waals surface area contributed by atoms with Crippen molar-refractivity contribution in [3.8, 4) is 11.1 Å². The summed E-state index contributed by atoms with van der Waals surface area (Å²) in [6.07, 6.45) is 3.40. The highest BCUT2D eigenvalue weighted by Gasteiger charge is 2.30. The molecule has 150 valence electrons. The van der Waals surface area contributed by atoms with Gasteiger partial charge in [-0.1, -0.05) is 37.3 Å². The molecule has 5 heteroatoms. The van der Waals surface area contributed by atoms with Gasteiger partial charge in [-0.15, -0.1) is 11.3 Å². The van der Waals surface area contributed by atoms with Gasteiger partial charge in [0.25, 0.3) is 5.91 Å². The van der Waals surface area contributed by atoms with Gasteiger partial charge >= 0.3 is 0 Å². The van der Waals surface area contributed by atoms with E-state index < -0.39 is 0 Å². The van der Waals surface area contributed by atoms with Crippen molar-refractivity contribution in [2.45, 2.75) is 33.1 Å². The maximum absolute atomic E-state index is 13.6. The number of pyridine rings is 1. The van der Waals surface area contributed by atoms with Gasteiger partial charge in [-0.05, 0) is 43.2 Å². The third-order valence-electron chi connectivity index (χ3n) is 6.20. The van der Waals surface area contributed by atoms with E-state index in [1.807, 2.05) is 29.2 Å². The molecular formula is C24H26N2O2S. The van der Waals surface area contributed by atoms with Gasteiger partial charge in [0.15, 0.2) is 0 Å². The molecule has 1 aromatic carbocycles. The summed E-state index contributed by atoms with van der Waals surface area (Å²) in [5.41, 5.74) is 5.21. The molecule has 1 unspecified atom stereocenters. The van der Waals surface area contributed by atoms with Crippen LogP contribution in [0.3, 0.4) is 0 Å². The number of morpholine rings is 1. The molecule has 1 amide bonds. The Morgan fingerprint density at radius 3 is 2.72 bits per heavy atom. The quantitative estimate of drug-likeness (QED) is 0.610. The minimum atomic E-state index is 0.0863. The van der Waals surface area contributed by atoms with E-state index in [1.54, 1.807) is 0 Å². The zero-order valence-corrected chi connectivity index (χ0v) is 17.8. The van der Waals surface area contributed by atoms with Gasteiger partial charge in [-0.25, -0.2) is 4.98 Å². The van der Waals surface area contributed by atoms with Gasteiger partial charge in [-0.2, -0.15) is 0 Å². The van der Waals surface area contributed by atoms with Gasteiger partial charge in [-0.3, -0.25) is 4.79 Å². The molecule has 0 N–H and O–H groups in total. The number of carbonyl (C=O) groups excluding carboxylic acids is 1. The van der Waals surface area contributed by atoms with Crippen molar-refractivity contribution in [3.63, 3.8) is 0 Å². The van der Waals surface area contributed by atoms with Crippen molar-refractivity contribution in [2.24, 2.45) is 5.92 Å². The Balaban J connectivity index is 1.78. The van der Waals surface area contributed by atoms with Gasteiger partial charge in [0.2, 0.25) is 0 Å². The molecule has 1 aliphatic carbocycles. The molecule has 0 radical (unpaired) electrons. The van der Waals surface area contributed by atoms with Crippen molar-refractivity contribution >= 4 is 27.5 Å². The monoisotopic (exact) mass is 406 g/mol. The maximum Gasteiger partial charge on any atom is 0.256 e. The lowest BCUT2D eigenvalue weighted by molar-refractivity contribution is 0.0302. The van der Waals surface area contributed by atoms with Crippen LogP contribution in [0.1, 0.15) is 39.8 Å². The van der Waals surface area contributed by atoms with Crippen LogP contribution in [-0.4, -0.2) is 42.1 Å². The molecular weight excluding hydrogens is 380 g/mol. The van der Waals surface area contributed by atoms with E-state index in [4.69, 9.17) is 9.72 Å². The van der Waals surface area contributed by atoms with E-state index in [2.05, 4.69) is 31.2 Å². The second kappa shape index (κ2) is 7.54. The smallest absolute Gasteiger partial charge is 0.256 e. The van der Waals surface area contributed by atoms with Crippen molar-refractivity contribution in [2.75, 3.05) is 26.3 Å². The maximum atomic E-state index is 13.6. The van der Waals surface area contributed by atoms with Crippen LogP contribution in [0.4, 0.5) is 0 Å². The second-order valence-corrected chi connectivity index (χ2v) is 9.33. The number of hydrogen-bond acceptors (Lipinski definition) is 4. The summed E-state index contributed by atoms with van der Waals surface area (Å²) in [5, 5.41) is 1.21. The molecule has 1 atom stereocenters.